The van der Waals surface area contributed by atoms with Gasteiger partial charge in [0.1, 0.15) is 16.7 Å². The second-order valence-electron chi connectivity index (χ2n) is 6.51. The molecule has 0 saturated heterocycles. The van der Waals surface area contributed by atoms with Gasteiger partial charge < -0.3 is 28.5 Å². The van der Waals surface area contributed by atoms with E-state index in [9.17, 15) is 19.8 Å². The second-order valence-corrected chi connectivity index (χ2v) is 6.51. The van der Waals surface area contributed by atoms with Gasteiger partial charge in [-0.05, 0) is 43.7 Å². The number of methoxy groups -OCH3 is 1. The van der Waals surface area contributed by atoms with Gasteiger partial charge in [-0.3, -0.25) is 0 Å². The summed E-state index contributed by atoms with van der Waals surface area (Å²) in [6.45, 7) is 3.21. The van der Waals surface area contributed by atoms with Gasteiger partial charge >= 0.3 is 11.6 Å². The van der Waals surface area contributed by atoms with Gasteiger partial charge in [0.25, 0.3) is 0 Å². The maximum absolute atomic E-state index is 12.6. The van der Waals surface area contributed by atoms with Gasteiger partial charge in [-0.2, -0.15) is 0 Å². The molecule has 148 valence electrons. The number of esters is 1. The number of furan rings is 1. The quantitative estimate of drug-likeness (QED) is 0.396. The van der Waals surface area contributed by atoms with E-state index in [1.807, 2.05) is 0 Å². The number of carbonyl (C=O) groups excluding carboxylic acids is 1. The molecule has 0 aliphatic carbocycles. The van der Waals surface area contributed by atoms with Gasteiger partial charge in [0.05, 0.1) is 12.7 Å². The molecule has 8 heteroatoms. The fraction of sp³-hybridized carbons (Fsp3) is 0.143. The van der Waals surface area contributed by atoms with E-state index in [2.05, 4.69) is 0 Å². The van der Waals surface area contributed by atoms with Crippen molar-refractivity contribution in [1.82, 2.24) is 0 Å². The third kappa shape index (κ3) is 2.94. The van der Waals surface area contributed by atoms with E-state index in [0.29, 0.717) is 16.7 Å². The van der Waals surface area contributed by atoms with Crippen molar-refractivity contribution in [2.75, 3.05) is 7.11 Å². The van der Waals surface area contributed by atoms with E-state index in [-0.39, 0.29) is 45.1 Å². The molecule has 0 spiro atoms. The first-order chi connectivity index (χ1) is 13.8. The third-order valence-electron chi connectivity index (χ3n) is 4.53. The Bertz CT molecular complexity index is 1340. The lowest BCUT2D eigenvalue weighted by molar-refractivity contribution is 0.0730. The average Bonchev–Trinajstić information content (AvgIpc) is 3.03. The highest BCUT2D eigenvalue weighted by molar-refractivity contribution is 6.08. The average molecular weight is 396 g/mol. The third-order valence-corrected chi connectivity index (χ3v) is 4.53. The zero-order valence-electron chi connectivity index (χ0n) is 15.7. The van der Waals surface area contributed by atoms with Crippen LogP contribution >= 0.6 is 0 Å². The minimum Gasteiger partial charge on any atom is -0.504 e. The van der Waals surface area contributed by atoms with Gasteiger partial charge in [0, 0.05) is 11.5 Å². The lowest BCUT2D eigenvalue weighted by atomic mass is 10.1. The number of ether oxygens (including phenoxy) is 2. The highest BCUT2D eigenvalue weighted by Gasteiger charge is 2.24. The Balaban J connectivity index is 1.89. The van der Waals surface area contributed by atoms with Crippen molar-refractivity contribution >= 4 is 27.9 Å². The molecule has 0 radical (unpaired) electrons. The maximum Gasteiger partial charge on any atom is 0.347 e. The molecule has 8 nitrogen and oxygen atoms in total. The predicted octanol–water partition coefficient (Wildman–Crippen LogP) is 3.80. The van der Waals surface area contributed by atoms with Crippen LogP contribution in [-0.4, -0.2) is 23.3 Å². The molecule has 0 unspecified atom stereocenters. The van der Waals surface area contributed by atoms with E-state index in [1.54, 1.807) is 26.0 Å². The van der Waals surface area contributed by atoms with Crippen molar-refractivity contribution in [2.24, 2.45) is 0 Å². The number of phenolic OH excluding ortho intramolecular Hbond substituents is 2. The number of fused-ring (bicyclic) bond motifs is 3. The Hall–Kier alpha value is -3.94. The summed E-state index contributed by atoms with van der Waals surface area (Å²) in [4.78, 5) is 24.9. The van der Waals surface area contributed by atoms with Crippen molar-refractivity contribution < 1.29 is 33.3 Å². The summed E-state index contributed by atoms with van der Waals surface area (Å²) in [6, 6.07) is 7.04. The van der Waals surface area contributed by atoms with Crippen molar-refractivity contribution in [2.45, 2.75) is 13.8 Å². The molecule has 0 amide bonds. The summed E-state index contributed by atoms with van der Waals surface area (Å²) in [7, 11) is 1.35. The van der Waals surface area contributed by atoms with E-state index >= 15 is 0 Å². The Morgan fingerprint density at radius 1 is 1.07 bits per heavy atom. The molecule has 2 aromatic carbocycles. The largest absolute Gasteiger partial charge is 0.504 e. The summed E-state index contributed by atoms with van der Waals surface area (Å²) in [5, 5.41) is 20.7. The Morgan fingerprint density at radius 2 is 1.83 bits per heavy atom. The van der Waals surface area contributed by atoms with E-state index < -0.39 is 11.6 Å². The van der Waals surface area contributed by atoms with Gasteiger partial charge in [-0.25, -0.2) is 9.59 Å². The second kappa shape index (κ2) is 6.59. The lowest BCUT2D eigenvalue weighted by Gasteiger charge is -2.10. The first-order valence-electron chi connectivity index (χ1n) is 8.59. The monoisotopic (exact) mass is 396 g/mol. The first-order valence-corrected chi connectivity index (χ1v) is 8.59. The summed E-state index contributed by atoms with van der Waals surface area (Å²) >= 11 is 0. The topological polar surface area (TPSA) is 119 Å². The van der Waals surface area contributed by atoms with E-state index in [1.165, 1.54) is 25.3 Å². The van der Waals surface area contributed by atoms with E-state index in [4.69, 9.17) is 18.3 Å². The van der Waals surface area contributed by atoms with Crippen LogP contribution in [-0.2, 0) is 0 Å². The molecule has 2 N–H and O–H groups in total. The summed E-state index contributed by atoms with van der Waals surface area (Å²) in [5.74, 6) is -1.01. The molecule has 0 saturated carbocycles. The fourth-order valence-electron chi connectivity index (χ4n) is 3.11. The van der Waals surface area contributed by atoms with Crippen LogP contribution in [0.1, 0.15) is 21.7 Å². The zero-order valence-corrected chi connectivity index (χ0v) is 15.7. The number of carbonyl (C=O) groups is 1. The van der Waals surface area contributed by atoms with Crippen LogP contribution in [0, 0.1) is 13.8 Å². The molecular weight excluding hydrogens is 380 g/mol. The molecule has 2 heterocycles. The zero-order chi connectivity index (χ0) is 20.9. The number of rotatable bonds is 3. The molecule has 0 atom stereocenters. The fourth-order valence-corrected chi connectivity index (χ4v) is 3.11. The van der Waals surface area contributed by atoms with Crippen molar-refractivity contribution in [1.29, 1.82) is 0 Å². The minimum atomic E-state index is -0.811. The first kappa shape index (κ1) is 18.4. The van der Waals surface area contributed by atoms with Crippen molar-refractivity contribution in [3.05, 3.63) is 57.6 Å². The van der Waals surface area contributed by atoms with Gasteiger partial charge in [-0.1, -0.05) is 0 Å². The van der Waals surface area contributed by atoms with Crippen LogP contribution in [0.2, 0.25) is 0 Å². The Labute approximate surface area is 163 Å². The Morgan fingerprint density at radius 3 is 2.55 bits per heavy atom. The van der Waals surface area contributed by atoms with E-state index in [0.717, 1.165) is 0 Å². The van der Waals surface area contributed by atoms with Crippen molar-refractivity contribution in [3.8, 4) is 23.0 Å². The summed E-state index contributed by atoms with van der Waals surface area (Å²) < 4.78 is 21.3. The van der Waals surface area contributed by atoms with Crippen LogP contribution in [0.4, 0.5) is 0 Å². The van der Waals surface area contributed by atoms with Crippen molar-refractivity contribution in [3.63, 3.8) is 0 Å². The maximum atomic E-state index is 12.6. The minimum absolute atomic E-state index is 0.0418. The Kier molecular flexibility index (Phi) is 4.19. The van der Waals surface area contributed by atoms with Crippen LogP contribution in [0.3, 0.4) is 0 Å². The molecule has 0 aliphatic rings. The molecule has 0 bridgehead atoms. The molecule has 2 aromatic heterocycles. The number of hydrogen-bond donors (Lipinski definition) is 2. The number of benzene rings is 2. The summed E-state index contributed by atoms with van der Waals surface area (Å²) in [5.41, 5.74) is 0.165. The van der Waals surface area contributed by atoms with Crippen LogP contribution < -0.4 is 15.1 Å². The van der Waals surface area contributed by atoms with Crippen LogP contribution in [0.15, 0.2) is 44.0 Å². The molecule has 0 aliphatic heterocycles. The van der Waals surface area contributed by atoms with Gasteiger partial charge in [0.15, 0.2) is 22.8 Å². The predicted molar refractivity (Wildman–Crippen MR) is 103 cm³/mol. The molecule has 29 heavy (non-hydrogen) atoms. The number of aryl methyl sites for hydroxylation is 2. The SMILES string of the molecule is COc1cc(C(=O)Oc2c(O)c(C)cc3c2oc2cc(C)oc(=O)c23)ccc1O. The standard InChI is InChI=1S/C21H16O8/c1-9-6-12-16-15(7-10(2)27-21(16)25)28-18(12)19(17(9)23)29-20(24)11-4-5-13(22)14(8-11)26-3/h4-8,22-23H,1-3H3. The van der Waals surface area contributed by atoms with Crippen LogP contribution in [0.5, 0.6) is 23.0 Å². The molecule has 4 aromatic rings. The lowest BCUT2D eigenvalue weighted by Crippen LogP contribution is -2.09. The normalized spacial score (nSPS) is 11.1. The molecule has 0 fully saturated rings. The molecule has 4 rings (SSSR count). The number of phenols is 2. The smallest absolute Gasteiger partial charge is 0.347 e. The van der Waals surface area contributed by atoms with Gasteiger partial charge in [-0.15, -0.1) is 0 Å². The van der Waals surface area contributed by atoms with Crippen LogP contribution in [0.25, 0.3) is 21.9 Å². The highest BCUT2D eigenvalue weighted by Crippen LogP contribution is 2.42. The molecular formula is C21H16O8. The van der Waals surface area contributed by atoms with Gasteiger partial charge in [0.2, 0.25) is 5.75 Å². The number of hydrogen-bond acceptors (Lipinski definition) is 8. The number of aromatic hydroxyl groups is 2. The summed E-state index contributed by atoms with van der Waals surface area (Å²) in [6.07, 6.45) is 0. The highest BCUT2D eigenvalue weighted by atomic mass is 16.5.